The second-order valence-corrected chi connectivity index (χ2v) is 6.22. The van der Waals surface area contributed by atoms with Gasteiger partial charge in [0.1, 0.15) is 23.9 Å². The zero-order valence-corrected chi connectivity index (χ0v) is 15.2. The zero-order chi connectivity index (χ0) is 18.2. The molecule has 6 heteroatoms. The lowest BCUT2D eigenvalue weighted by molar-refractivity contribution is 0.233. The summed E-state index contributed by atoms with van der Waals surface area (Å²) in [5.74, 6) is 1.96. The van der Waals surface area contributed by atoms with Gasteiger partial charge in [-0.05, 0) is 55.3 Å². The van der Waals surface area contributed by atoms with Gasteiger partial charge < -0.3 is 20.5 Å². The van der Waals surface area contributed by atoms with Crippen molar-refractivity contribution in [2.24, 2.45) is 5.73 Å². The third-order valence-electron chi connectivity index (χ3n) is 3.48. The summed E-state index contributed by atoms with van der Waals surface area (Å²) in [6, 6.07) is 12.3. The fourth-order valence-electron chi connectivity index (χ4n) is 2.31. The lowest BCUT2D eigenvalue weighted by atomic mass is 10.1. The Morgan fingerprint density at radius 3 is 2.48 bits per heavy atom. The molecule has 0 aliphatic heterocycles. The van der Waals surface area contributed by atoms with Gasteiger partial charge in [0.05, 0.1) is 11.1 Å². The molecule has 0 unspecified atom stereocenters. The van der Waals surface area contributed by atoms with Crippen LogP contribution in [0.5, 0.6) is 17.2 Å². The van der Waals surface area contributed by atoms with Crippen molar-refractivity contribution in [1.82, 2.24) is 5.32 Å². The quantitative estimate of drug-likeness (QED) is 0.725. The van der Waals surface area contributed by atoms with Crippen LogP contribution in [0.3, 0.4) is 0 Å². The Labute approximate surface area is 153 Å². The molecule has 0 bridgehead atoms. The summed E-state index contributed by atoms with van der Waals surface area (Å²) in [5.41, 5.74) is 6.26. The van der Waals surface area contributed by atoms with E-state index in [0.29, 0.717) is 28.9 Å². The molecule has 134 valence electrons. The minimum atomic E-state index is -0.568. The van der Waals surface area contributed by atoms with Crippen molar-refractivity contribution in [1.29, 1.82) is 0 Å². The summed E-state index contributed by atoms with van der Waals surface area (Å²) < 4.78 is 11.4. The standard InChI is InChI=1S/C19H23ClN2O3/c1-3-4-14-5-10-18(17(20)11-14)25-16-8-6-15(7-9-16)24-12-13(2)22-19(21)23/h5-11,13H,3-4,12H2,1-2H3,(H3,21,22,23)/t13-/m0/s1. The van der Waals surface area contributed by atoms with E-state index < -0.39 is 6.03 Å². The Bertz CT molecular complexity index is 704. The molecule has 25 heavy (non-hydrogen) atoms. The molecule has 0 heterocycles. The molecule has 2 aromatic rings. The van der Waals surface area contributed by atoms with Gasteiger partial charge in [0.25, 0.3) is 0 Å². The maximum Gasteiger partial charge on any atom is 0.312 e. The van der Waals surface area contributed by atoms with E-state index in [0.717, 1.165) is 12.8 Å². The highest BCUT2D eigenvalue weighted by molar-refractivity contribution is 6.32. The van der Waals surface area contributed by atoms with Crippen molar-refractivity contribution >= 4 is 17.6 Å². The van der Waals surface area contributed by atoms with E-state index in [1.54, 1.807) is 24.3 Å². The van der Waals surface area contributed by atoms with E-state index >= 15 is 0 Å². The SMILES string of the molecule is CCCc1ccc(Oc2ccc(OC[C@H](C)NC(N)=O)cc2)c(Cl)c1. The van der Waals surface area contributed by atoms with Crippen LogP contribution in [0.25, 0.3) is 0 Å². The third kappa shape index (κ3) is 6.19. The van der Waals surface area contributed by atoms with Gasteiger partial charge in [-0.25, -0.2) is 4.79 Å². The van der Waals surface area contributed by atoms with Crippen LogP contribution in [0.4, 0.5) is 4.79 Å². The first kappa shape index (κ1) is 18.9. The van der Waals surface area contributed by atoms with Crippen LogP contribution in [0.1, 0.15) is 25.8 Å². The predicted molar refractivity (Wildman–Crippen MR) is 99.6 cm³/mol. The molecule has 2 aromatic carbocycles. The number of ether oxygens (including phenoxy) is 2. The van der Waals surface area contributed by atoms with Gasteiger partial charge in [-0.3, -0.25) is 0 Å². The van der Waals surface area contributed by atoms with Gasteiger partial charge in [0, 0.05) is 0 Å². The van der Waals surface area contributed by atoms with Crippen LogP contribution >= 0.6 is 11.6 Å². The molecule has 0 spiro atoms. The highest BCUT2D eigenvalue weighted by atomic mass is 35.5. The van der Waals surface area contributed by atoms with E-state index in [4.69, 9.17) is 26.8 Å². The number of hydrogen-bond acceptors (Lipinski definition) is 3. The number of aryl methyl sites for hydroxylation is 1. The van der Waals surface area contributed by atoms with Crippen LogP contribution in [-0.4, -0.2) is 18.7 Å². The molecule has 0 saturated carbocycles. The highest BCUT2D eigenvalue weighted by Gasteiger charge is 2.07. The zero-order valence-electron chi connectivity index (χ0n) is 14.4. The number of hydrogen-bond donors (Lipinski definition) is 2. The minimum absolute atomic E-state index is 0.172. The van der Waals surface area contributed by atoms with Crippen molar-refractivity contribution in [3.63, 3.8) is 0 Å². The molecule has 0 saturated heterocycles. The molecule has 3 N–H and O–H groups in total. The molecule has 0 radical (unpaired) electrons. The number of rotatable bonds is 8. The molecule has 1 atom stereocenters. The van der Waals surface area contributed by atoms with Crippen molar-refractivity contribution in [3.8, 4) is 17.2 Å². The van der Waals surface area contributed by atoms with Crippen LogP contribution in [0.2, 0.25) is 5.02 Å². The fraction of sp³-hybridized carbons (Fsp3) is 0.316. The van der Waals surface area contributed by atoms with Crippen LogP contribution in [0.15, 0.2) is 42.5 Å². The van der Waals surface area contributed by atoms with E-state index in [9.17, 15) is 4.79 Å². The van der Waals surface area contributed by atoms with Gasteiger partial charge in [-0.1, -0.05) is 31.0 Å². The average molecular weight is 363 g/mol. The number of primary amides is 1. The number of nitrogens with one attached hydrogen (secondary N) is 1. The molecule has 2 amide bonds. The summed E-state index contributed by atoms with van der Waals surface area (Å²) in [6.45, 7) is 4.27. The van der Waals surface area contributed by atoms with E-state index in [1.807, 2.05) is 25.1 Å². The van der Waals surface area contributed by atoms with Gasteiger partial charge in [0.15, 0.2) is 0 Å². The van der Waals surface area contributed by atoms with E-state index in [1.165, 1.54) is 5.56 Å². The summed E-state index contributed by atoms with van der Waals surface area (Å²) in [5, 5.41) is 3.15. The molecule has 0 fully saturated rings. The van der Waals surface area contributed by atoms with Gasteiger partial charge in [-0.15, -0.1) is 0 Å². The minimum Gasteiger partial charge on any atom is -0.491 e. The Hall–Kier alpha value is -2.40. The smallest absolute Gasteiger partial charge is 0.312 e. The molecule has 0 aromatic heterocycles. The van der Waals surface area contributed by atoms with Crippen molar-refractivity contribution in [2.75, 3.05) is 6.61 Å². The highest BCUT2D eigenvalue weighted by Crippen LogP contribution is 2.31. The van der Waals surface area contributed by atoms with Gasteiger partial charge in [-0.2, -0.15) is 0 Å². The second-order valence-electron chi connectivity index (χ2n) is 5.81. The molecule has 5 nitrogen and oxygen atoms in total. The molecule has 0 aliphatic rings. The molecular weight excluding hydrogens is 340 g/mol. The largest absolute Gasteiger partial charge is 0.491 e. The number of carbonyl (C=O) groups is 1. The number of nitrogens with two attached hydrogens (primary N) is 1. The van der Waals surface area contributed by atoms with Crippen molar-refractivity contribution < 1.29 is 14.3 Å². The predicted octanol–water partition coefficient (Wildman–Crippen LogP) is 4.52. The molecule has 2 rings (SSSR count). The van der Waals surface area contributed by atoms with Gasteiger partial charge >= 0.3 is 6.03 Å². The Morgan fingerprint density at radius 1 is 1.20 bits per heavy atom. The summed E-state index contributed by atoms with van der Waals surface area (Å²) in [4.78, 5) is 10.8. The lowest BCUT2D eigenvalue weighted by Crippen LogP contribution is -2.40. The van der Waals surface area contributed by atoms with Crippen molar-refractivity contribution in [3.05, 3.63) is 53.1 Å². The monoisotopic (exact) mass is 362 g/mol. The number of halogens is 1. The summed E-state index contributed by atoms with van der Waals surface area (Å²) in [7, 11) is 0. The Balaban J connectivity index is 1.93. The topological polar surface area (TPSA) is 73.6 Å². The summed E-state index contributed by atoms with van der Waals surface area (Å²) >= 11 is 6.28. The molecular formula is C19H23ClN2O3. The normalized spacial score (nSPS) is 11.6. The van der Waals surface area contributed by atoms with Gasteiger partial charge in [0.2, 0.25) is 0 Å². The van der Waals surface area contributed by atoms with Crippen molar-refractivity contribution in [2.45, 2.75) is 32.7 Å². The third-order valence-corrected chi connectivity index (χ3v) is 3.77. The number of urea groups is 1. The maximum atomic E-state index is 10.8. The number of carbonyl (C=O) groups excluding carboxylic acids is 1. The first-order valence-corrected chi connectivity index (χ1v) is 8.61. The van der Waals surface area contributed by atoms with Crippen LogP contribution in [0, 0.1) is 0 Å². The average Bonchev–Trinajstić information content (AvgIpc) is 2.56. The molecule has 0 aliphatic carbocycles. The Morgan fingerprint density at radius 2 is 1.88 bits per heavy atom. The lowest BCUT2D eigenvalue weighted by Gasteiger charge is -2.14. The van der Waals surface area contributed by atoms with E-state index in [-0.39, 0.29) is 6.04 Å². The fourth-order valence-corrected chi connectivity index (χ4v) is 2.55. The first-order valence-electron chi connectivity index (χ1n) is 8.23. The first-order chi connectivity index (χ1) is 12.0. The summed E-state index contributed by atoms with van der Waals surface area (Å²) in [6.07, 6.45) is 2.07. The number of amides is 2. The number of benzene rings is 2. The van der Waals surface area contributed by atoms with Crippen LogP contribution < -0.4 is 20.5 Å². The van der Waals surface area contributed by atoms with E-state index in [2.05, 4.69) is 12.2 Å². The second kappa shape index (κ2) is 9.18. The Kier molecular flexibility index (Phi) is 6.95. The van der Waals surface area contributed by atoms with Crippen LogP contribution in [-0.2, 0) is 6.42 Å². The maximum absolute atomic E-state index is 10.8.